The summed E-state index contributed by atoms with van der Waals surface area (Å²) in [4.78, 5) is 24.9. The Morgan fingerprint density at radius 1 is 1.27 bits per heavy atom. The third-order valence-corrected chi connectivity index (χ3v) is 4.68. The highest BCUT2D eigenvalue weighted by atomic mass is 16.4. The summed E-state index contributed by atoms with van der Waals surface area (Å²) in [5, 5.41) is 13.2. The molecule has 0 spiro atoms. The highest BCUT2D eigenvalue weighted by Crippen LogP contribution is 2.22. The van der Waals surface area contributed by atoms with E-state index in [2.05, 4.69) is 5.10 Å². The van der Waals surface area contributed by atoms with E-state index in [0.29, 0.717) is 19.5 Å². The van der Waals surface area contributed by atoms with Crippen LogP contribution in [-0.2, 0) is 23.1 Å². The third-order valence-electron chi connectivity index (χ3n) is 4.68. The summed E-state index contributed by atoms with van der Waals surface area (Å²) in [6.45, 7) is 5.37. The lowest BCUT2D eigenvalue weighted by Gasteiger charge is -2.31. The van der Waals surface area contributed by atoms with Gasteiger partial charge in [0.25, 0.3) is 0 Å². The van der Waals surface area contributed by atoms with E-state index >= 15 is 0 Å². The molecule has 1 N–H and O–H groups in total. The minimum atomic E-state index is -0.743. The first kappa shape index (κ1) is 16.5. The van der Waals surface area contributed by atoms with Crippen molar-refractivity contribution in [2.45, 2.75) is 46.0 Å². The molecule has 0 bridgehead atoms. The second kappa shape index (κ2) is 6.94. The summed E-state index contributed by atoms with van der Waals surface area (Å²) >= 11 is 0. The number of piperidine rings is 1. The molecule has 2 heterocycles. The van der Waals surface area contributed by atoms with E-state index in [1.807, 2.05) is 30.5 Å². The molecule has 0 unspecified atom stereocenters. The third kappa shape index (κ3) is 3.87. The Hall–Kier alpha value is -1.85. The molecular weight excluding hydrogens is 282 g/mol. The zero-order valence-corrected chi connectivity index (χ0v) is 13.6. The number of carbonyl (C=O) groups is 2. The SMILES string of the molecule is Cc1nn(C)c(C)c1CCC(=O)N1CCC(CC(=O)O)CC1. The van der Waals surface area contributed by atoms with Crippen molar-refractivity contribution < 1.29 is 14.7 Å². The monoisotopic (exact) mass is 307 g/mol. The molecule has 1 fully saturated rings. The van der Waals surface area contributed by atoms with Crippen LogP contribution in [0.5, 0.6) is 0 Å². The number of aryl methyl sites for hydroxylation is 2. The van der Waals surface area contributed by atoms with Gasteiger partial charge in [0, 0.05) is 38.7 Å². The second-order valence-electron chi connectivity index (χ2n) is 6.20. The van der Waals surface area contributed by atoms with Crippen molar-refractivity contribution in [2.24, 2.45) is 13.0 Å². The van der Waals surface area contributed by atoms with Gasteiger partial charge in [-0.15, -0.1) is 0 Å². The van der Waals surface area contributed by atoms with Gasteiger partial charge in [-0.05, 0) is 44.6 Å². The summed E-state index contributed by atoms with van der Waals surface area (Å²) in [5.74, 6) is -0.368. The number of carboxylic acids is 1. The maximum Gasteiger partial charge on any atom is 0.303 e. The number of nitrogens with zero attached hydrogens (tertiary/aromatic N) is 3. The molecule has 2 rings (SSSR count). The van der Waals surface area contributed by atoms with Crippen molar-refractivity contribution in [1.82, 2.24) is 14.7 Å². The Morgan fingerprint density at radius 2 is 1.91 bits per heavy atom. The fourth-order valence-electron chi connectivity index (χ4n) is 3.20. The van der Waals surface area contributed by atoms with Crippen LogP contribution < -0.4 is 0 Å². The molecule has 22 heavy (non-hydrogen) atoms. The molecule has 0 radical (unpaired) electrons. The van der Waals surface area contributed by atoms with Crippen molar-refractivity contribution in [3.63, 3.8) is 0 Å². The molecular formula is C16H25N3O3. The second-order valence-corrected chi connectivity index (χ2v) is 6.20. The van der Waals surface area contributed by atoms with Gasteiger partial charge in [-0.1, -0.05) is 0 Å². The van der Waals surface area contributed by atoms with E-state index in [-0.39, 0.29) is 18.2 Å². The predicted octanol–water partition coefficient (Wildman–Crippen LogP) is 1.68. The molecule has 6 nitrogen and oxygen atoms in total. The molecule has 1 aromatic rings. The average molecular weight is 307 g/mol. The van der Waals surface area contributed by atoms with Gasteiger partial charge in [-0.3, -0.25) is 14.3 Å². The number of carboxylic acid groups (broad SMARTS) is 1. The number of aromatic nitrogens is 2. The van der Waals surface area contributed by atoms with E-state index in [1.165, 1.54) is 0 Å². The van der Waals surface area contributed by atoms with Crippen molar-refractivity contribution in [3.05, 3.63) is 17.0 Å². The Kier molecular flexibility index (Phi) is 5.21. The zero-order valence-electron chi connectivity index (χ0n) is 13.6. The van der Waals surface area contributed by atoms with Crippen molar-refractivity contribution in [1.29, 1.82) is 0 Å². The first-order valence-electron chi connectivity index (χ1n) is 7.87. The number of likely N-dealkylation sites (tertiary alicyclic amines) is 1. The standard InChI is InChI=1S/C16H25N3O3/c1-11-14(12(2)18(3)17-11)4-5-15(20)19-8-6-13(7-9-19)10-16(21)22/h13H,4-10H2,1-3H3,(H,21,22). The average Bonchev–Trinajstić information content (AvgIpc) is 2.70. The largest absolute Gasteiger partial charge is 0.481 e. The van der Waals surface area contributed by atoms with Gasteiger partial charge in [0.1, 0.15) is 0 Å². The summed E-state index contributed by atoms with van der Waals surface area (Å²) in [6, 6.07) is 0. The quantitative estimate of drug-likeness (QED) is 0.898. The highest BCUT2D eigenvalue weighted by molar-refractivity contribution is 5.76. The molecule has 0 atom stereocenters. The van der Waals surface area contributed by atoms with Gasteiger partial charge in [0.2, 0.25) is 5.91 Å². The summed E-state index contributed by atoms with van der Waals surface area (Å²) in [6.07, 6.45) is 3.03. The van der Waals surface area contributed by atoms with Crippen LogP contribution in [0, 0.1) is 19.8 Å². The summed E-state index contributed by atoms with van der Waals surface area (Å²) in [5.41, 5.74) is 3.27. The van der Waals surface area contributed by atoms with Crippen LogP contribution in [0.4, 0.5) is 0 Å². The first-order chi connectivity index (χ1) is 10.4. The first-order valence-corrected chi connectivity index (χ1v) is 7.87. The van der Waals surface area contributed by atoms with Crippen LogP contribution in [0.2, 0.25) is 0 Å². The number of hydrogen-bond acceptors (Lipinski definition) is 3. The van der Waals surface area contributed by atoms with Crippen LogP contribution >= 0.6 is 0 Å². The van der Waals surface area contributed by atoms with E-state index < -0.39 is 5.97 Å². The lowest BCUT2D eigenvalue weighted by molar-refractivity contribution is -0.138. The van der Waals surface area contributed by atoms with Gasteiger partial charge in [0.05, 0.1) is 5.69 Å². The summed E-state index contributed by atoms with van der Waals surface area (Å²) in [7, 11) is 1.92. The fourth-order valence-corrected chi connectivity index (χ4v) is 3.20. The van der Waals surface area contributed by atoms with Crippen molar-refractivity contribution in [2.75, 3.05) is 13.1 Å². The molecule has 122 valence electrons. The van der Waals surface area contributed by atoms with E-state index in [4.69, 9.17) is 5.11 Å². The molecule has 0 aromatic carbocycles. The minimum Gasteiger partial charge on any atom is -0.481 e. The Morgan fingerprint density at radius 3 is 2.41 bits per heavy atom. The minimum absolute atomic E-state index is 0.163. The van der Waals surface area contributed by atoms with Crippen LogP contribution in [-0.4, -0.2) is 44.8 Å². The number of aliphatic carboxylic acids is 1. The number of rotatable bonds is 5. The fraction of sp³-hybridized carbons (Fsp3) is 0.688. The lowest BCUT2D eigenvalue weighted by atomic mass is 9.93. The maximum atomic E-state index is 12.3. The van der Waals surface area contributed by atoms with Crippen molar-refractivity contribution >= 4 is 11.9 Å². The molecule has 0 aliphatic carbocycles. The molecule has 1 amide bonds. The molecule has 1 aliphatic heterocycles. The molecule has 1 aromatic heterocycles. The number of hydrogen-bond donors (Lipinski definition) is 1. The molecule has 1 aliphatic rings. The molecule has 6 heteroatoms. The number of amides is 1. The van der Waals surface area contributed by atoms with E-state index in [9.17, 15) is 9.59 Å². The van der Waals surface area contributed by atoms with E-state index in [1.54, 1.807) is 0 Å². The van der Waals surface area contributed by atoms with Crippen LogP contribution in [0.1, 0.15) is 42.6 Å². The van der Waals surface area contributed by atoms with Gasteiger partial charge < -0.3 is 10.0 Å². The van der Waals surface area contributed by atoms with Gasteiger partial charge in [-0.25, -0.2) is 0 Å². The van der Waals surface area contributed by atoms with Crippen LogP contribution in [0.15, 0.2) is 0 Å². The Labute approximate surface area is 131 Å². The van der Waals surface area contributed by atoms with Gasteiger partial charge in [0.15, 0.2) is 0 Å². The van der Waals surface area contributed by atoms with Crippen LogP contribution in [0.25, 0.3) is 0 Å². The smallest absolute Gasteiger partial charge is 0.303 e. The predicted molar refractivity (Wildman–Crippen MR) is 82.6 cm³/mol. The van der Waals surface area contributed by atoms with Crippen LogP contribution in [0.3, 0.4) is 0 Å². The molecule has 1 saturated heterocycles. The van der Waals surface area contributed by atoms with Gasteiger partial charge >= 0.3 is 5.97 Å². The normalized spacial score (nSPS) is 16.0. The lowest BCUT2D eigenvalue weighted by Crippen LogP contribution is -2.39. The topological polar surface area (TPSA) is 75.4 Å². The van der Waals surface area contributed by atoms with Gasteiger partial charge in [-0.2, -0.15) is 5.10 Å². The zero-order chi connectivity index (χ0) is 16.3. The van der Waals surface area contributed by atoms with E-state index in [0.717, 1.165) is 36.2 Å². The van der Waals surface area contributed by atoms with Crippen molar-refractivity contribution in [3.8, 4) is 0 Å². The Bertz CT molecular complexity index is 557. The molecule has 0 saturated carbocycles. The highest BCUT2D eigenvalue weighted by Gasteiger charge is 2.24. The number of carbonyl (C=O) groups excluding carboxylic acids is 1. The Balaban J connectivity index is 1.82. The summed E-state index contributed by atoms with van der Waals surface area (Å²) < 4.78 is 1.85. The maximum absolute atomic E-state index is 12.3.